The summed E-state index contributed by atoms with van der Waals surface area (Å²) in [6, 6.07) is 5.69. The van der Waals surface area contributed by atoms with Gasteiger partial charge in [-0.2, -0.15) is 0 Å². The Morgan fingerprint density at radius 2 is 2.19 bits per heavy atom. The third kappa shape index (κ3) is 2.33. The van der Waals surface area contributed by atoms with Crippen molar-refractivity contribution in [2.45, 2.75) is 26.2 Å². The second kappa shape index (κ2) is 5.53. The fourth-order valence-corrected chi connectivity index (χ4v) is 3.16. The van der Waals surface area contributed by atoms with Gasteiger partial charge in [-0.05, 0) is 30.5 Å². The van der Waals surface area contributed by atoms with Gasteiger partial charge in [-0.1, -0.05) is 25.2 Å². The van der Waals surface area contributed by atoms with Crippen molar-refractivity contribution in [1.29, 1.82) is 0 Å². The molecule has 0 bridgehead atoms. The van der Waals surface area contributed by atoms with Crippen molar-refractivity contribution in [2.75, 3.05) is 11.9 Å². The Labute approximate surface area is 129 Å². The van der Waals surface area contributed by atoms with Crippen molar-refractivity contribution in [1.82, 2.24) is 4.98 Å². The van der Waals surface area contributed by atoms with Crippen LogP contribution in [-0.2, 0) is 12.8 Å². The molecule has 4 heteroatoms. The van der Waals surface area contributed by atoms with Crippen LogP contribution in [0.4, 0.5) is 10.1 Å². The zero-order valence-corrected chi connectivity index (χ0v) is 13.0. The van der Waals surface area contributed by atoms with E-state index in [1.807, 2.05) is 37.1 Å². The van der Waals surface area contributed by atoms with Gasteiger partial charge in [0, 0.05) is 42.6 Å². The average molecular weight is 300 g/mol. The van der Waals surface area contributed by atoms with Crippen LogP contribution in [0.1, 0.15) is 24.5 Å². The lowest BCUT2D eigenvalue weighted by Gasteiger charge is -2.31. The highest BCUT2D eigenvalue weighted by Gasteiger charge is 2.25. The first-order chi connectivity index (χ1) is 10.1. The highest BCUT2D eigenvalue weighted by Crippen LogP contribution is 2.38. The molecule has 3 rings (SSSR count). The molecule has 1 aliphatic rings. The van der Waals surface area contributed by atoms with E-state index in [1.54, 1.807) is 12.4 Å². The number of fused-ring (bicyclic) bond motifs is 1. The number of benzene rings is 1. The summed E-state index contributed by atoms with van der Waals surface area (Å²) in [5.41, 5.74) is 4.33. The molecule has 0 aliphatic carbocycles. The molecule has 0 saturated heterocycles. The van der Waals surface area contributed by atoms with Crippen LogP contribution < -0.4 is 4.90 Å². The lowest BCUT2D eigenvalue weighted by Crippen LogP contribution is -2.31. The Morgan fingerprint density at radius 1 is 1.38 bits per heavy atom. The van der Waals surface area contributed by atoms with Gasteiger partial charge in [-0.25, -0.2) is 4.39 Å². The Morgan fingerprint density at radius 3 is 2.86 bits per heavy atom. The molecule has 2 aromatic rings. The average Bonchev–Trinajstić information content (AvgIpc) is 2.52. The first kappa shape index (κ1) is 14.1. The van der Waals surface area contributed by atoms with E-state index in [0.717, 1.165) is 34.6 Å². The van der Waals surface area contributed by atoms with Gasteiger partial charge in [0.05, 0.1) is 10.7 Å². The molecule has 0 atom stereocenters. The fourth-order valence-electron chi connectivity index (χ4n) is 2.96. The van der Waals surface area contributed by atoms with E-state index in [2.05, 4.69) is 4.98 Å². The minimum absolute atomic E-state index is 0.152. The van der Waals surface area contributed by atoms with E-state index < -0.39 is 0 Å². The summed E-state index contributed by atoms with van der Waals surface area (Å²) in [7, 11) is 1.93. The number of anilines is 1. The van der Waals surface area contributed by atoms with Crippen molar-refractivity contribution in [3.63, 3.8) is 0 Å². The van der Waals surface area contributed by atoms with E-state index in [1.165, 1.54) is 5.56 Å². The van der Waals surface area contributed by atoms with E-state index >= 15 is 0 Å². The molecule has 0 N–H and O–H groups in total. The maximum absolute atomic E-state index is 14.9. The summed E-state index contributed by atoms with van der Waals surface area (Å²) in [6.07, 6.45) is 5.78. The first-order valence-electron chi connectivity index (χ1n) is 7.14. The number of halogens is 1. The van der Waals surface area contributed by atoms with Crippen LogP contribution in [0.5, 0.6) is 0 Å². The van der Waals surface area contributed by atoms with E-state index in [-0.39, 0.29) is 5.82 Å². The smallest absolute Gasteiger partial charge is 0.136 e. The van der Waals surface area contributed by atoms with Crippen molar-refractivity contribution in [3.8, 4) is 11.1 Å². The second-order valence-electron chi connectivity index (χ2n) is 5.27. The standard InChI is InChI=1S/C17H17FN2S/c1-3-13-16(18)14(12-5-4-8-19-10-12)9-11-6-7-15(21)20(2)17(11)13/h4-5,8-10H,3,6-7H2,1-2H3. The van der Waals surface area contributed by atoms with Gasteiger partial charge in [0.1, 0.15) is 5.82 Å². The van der Waals surface area contributed by atoms with Gasteiger partial charge in [0.2, 0.25) is 0 Å². The van der Waals surface area contributed by atoms with E-state index in [4.69, 9.17) is 12.2 Å². The third-order valence-corrected chi connectivity index (χ3v) is 4.53. The summed E-state index contributed by atoms with van der Waals surface area (Å²) in [5.74, 6) is -0.152. The molecular formula is C17H17FN2S. The topological polar surface area (TPSA) is 16.1 Å². The number of rotatable bonds is 2. The number of hydrogen-bond acceptors (Lipinski definition) is 2. The molecule has 0 amide bonds. The van der Waals surface area contributed by atoms with Gasteiger partial charge >= 0.3 is 0 Å². The van der Waals surface area contributed by atoms with Crippen LogP contribution in [0, 0.1) is 5.82 Å². The molecule has 2 nitrogen and oxygen atoms in total. The Kier molecular flexibility index (Phi) is 3.72. The number of hydrogen-bond donors (Lipinski definition) is 0. The molecule has 0 spiro atoms. The minimum atomic E-state index is -0.152. The van der Waals surface area contributed by atoms with Crippen LogP contribution in [0.25, 0.3) is 11.1 Å². The van der Waals surface area contributed by atoms with Gasteiger partial charge in [0.25, 0.3) is 0 Å². The van der Waals surface area contributed by atoms with Crippen molar-refractivity contribution < 1.29 is 4.39 Å². The van der Waals surface area contributed by atoms with Gasteiger partial charge in [0.15, 0.2) is 0 Å². The predicted octanol–water partition coefficient (Wildman–Crippen LogP) is 4.16. The summed E-state index contributed by atoms with van der Waals surface area (Å²) in [4.78, 5) is 6.94. The molecule has 0 radical (unpaired) electrons. The normalized spacial score (nSPS) is 14.2. The summed E-state index contributed by atoms with van der Waals surface area (Å²) < 4.78 is 14.9. The first-order valence-corrected chi connectivity index (χ1v) is 7.55. The second-order valence-corrected chi connectivity index (χ2v) is 5.74. The highest BCUT2D eigenvalue weighted by molar-refractivity contribution is 7.80. The van der Waals surface area contributed by atoms with E-state index in [0.29, 0.717) is 12.0 Å². The molecule has 108 valence electrons. The third-order valence-electron chi connectivity index (χ3n) is 4.05. The molecule has 21 heavy (non-hydrogen) atoms. The summed E-state index contributed by atoms with van der Waals surface area (Å²) in [5, 5.41) is 0. The molecule has 1 aromatic carbocycles. The quantitative estimate of drug-likeness (QED) is 0.775. The molecular weight excluding hydrogens is 283 g/mol. The van der Waals surface area contributed by atoms with Crippen LogP contribution in [0.2, 0.25) is 0 Å². The number of aromatic nitrogens is 1. The van der Waals surface area contributed by atoms with Crippen molar-refractivity contribution in [2.24, 2.45) is 0 Å². The van der Waals surface area contributed by atoms with Crippen molar-refractivity contribution >= 4 is 22.9 Å². The molecule has 0 saturated carbocycles. The van der Waals surface area contributed by atoms with Crippen LogP contribution in [0.15, 0.2) is 30.6 Å². The van der Waals surface area contributed by atoms with Gasteiger partial charge < -0.3 is 4.90 Å². The largest absolute Gasteiger partial charge is 0.339 e. The Balaban J connectivity index is 2.25. The monoisotopic (exact) mass is 300 g/mol. The number of nitrogens with zero attached hydrogens (tertiary/aromatic N) is 2. The van der Waals surface area contributed by atoms with Crippen LogP contribution >= 0.6 is 12.2 Å². The van der Waals surface area contributed by atoms with Gasteiger partial charge in [-0.3, -0.25) is 4.98 Å². The van der Waals surface area contributed by atoms with E-state index in [9.17, 15) is 4.39 Å². The van der Waals surface area contributed by atoms with Crippen molar-refractivity contribution in [3.05, 3.63) is 47.5 Å². The zero-order chi connectivity index (χ0) is 15.0. The molecule has 1 aliphatic heterocycles. The summed E-state index contributed by atoms with van der Waals surface area (Å²) >= 11 is 5.38. The molecule has 2 heterocycles. The number of thiocarbonyl (C=S) groups is 1. The predicted molar refractivity (Wildman–Crippen MR) is 88.3 cm³/mol. The maximum atomic E-state index is 14.9. The SMILES string of the molecule is CCc1c(F)c(-c2cccnc2)cc2c1N(C)C(=S)CC2. The minimum Gasteiger partial charge on any atom is -0.339 e. The summed E-state index contributed by atoms with van der Waals surface area (Å²) in [6.45, 7) is 1.98. The van der Waals surface area contributed by atoms with Crippen LogP contribution in [0.3, 0.4) is 0 Å². The lowest BCUT2D eigenvalue weighted by molar-refractivity contribution is 0.614. The number of pyridine rings is 1. The highest BCUT2D eigenvalue weighted by atomic mass is 32.1. The molecule has 0 fully saturated rings. The van der Waals surface area contributed by atoms with Gasteiger partial charge in [-0.15, -0.1) is 0 Å². The maximum Gasteiger partial charge on any atom is 0.136 e. The molecule has 1 aromatic heterocycles. The fraction of sp³-hybridized carbons (Fsp3) is 0.294. The number of aryl methyl sites for hydroxylation is 1. The molecule has 0 unspecified atom stereocenters. The lowest BCUT2D eigenvalue weighted by atomic mass is 9.91. The zero-order valence-electron chi connectivity index (χ0n) is 12.2. The Bertz CT molecular complexity index is 698. The van der Waals surface area contributed by atoms with Crippen LogP contribution in [-0.4, -0.2) is 17.0 Å². The Hall–Kier alpha value is -1.81.